The van der Waals surface area contributed by atoms with Gasteiger partial charge in [-0.05, 0) is 47.8 Å². The van der Waals surface area contributed by atoms with Crippen molar-refractivity contribution in [2.75, 3.05) is 13.2 Å². The van der Waals surface area contributed by atoms with Crippen LogP contribution in [0.1, 0.15) is 18.9 Å². The first kappa shape index (κ1) is 12.5. The smallest absolute Gasteiger partial charge is 0.0909 e. The third-order valence-corrected chi connectivity index (χ3v) is 3.83. The molecular weight excluding hydrogens is 233 g/mol. The quantitative estimate of drug-likeness (QED) is 0.824. The average Bonchev–Trinajstić information content (AvgIpc) is 2.77. The SMILES string of the molecule is CCNC(CCF)Cc1ccc2ccsc2c1. The van der Waals surface area contributed by atoms with Crippen molar-refractivity contribution in [2.24, 2.45) is 0 Å². The van der Waals surface area contributed by atoms with Crippen molar-refractivity contribution in [1.29, 1.82) is 0 Å². The van der Waals surface area contributed by atoms with E-state index in [1.165, 1.54) is 15.6 Å². The van der Waals surface area contributed by atoms with Crippen LogP contribution in [0.4, 0.5) is 4.39 Å². The van der Waals surface area contributed by atoms with Crippen LogP contribution >= 0.6 is 11.3 Å². The maximum Gasteiger partial charge on any atom is 0.0909 e. The van der Waals surface area contributed by atoms with Crippen LogP contribution in [0.15, 0.2) is 29.6 Å². The van der Waals surface area contributed by atoms with Gasteiger partial charge in [-0.15, -0.1) is 11.3 Å². The van der Waals surface area contributed by atoms with E-state index < -0.39 is 0 Å². The largest absolute Gasteiger partial charge is 0.314 e. The molecule has 1 heterocycles. The monoisotopic (exact) mass is 251 g/mol. The van der Waals surface area contributed by atoms with Crippen molar-refractivity contribution >= 4 is 21.4 Å². The lowest BCUT2D eigenvalue weighted by atomic mass is 10.0. The van der Waals surface area contributed by atoms with E-state index in [1.807, 2.05) is 0 Å². The molecule has 0 aliphatic heterocycles. The van der Waals surface area contributed by atoms with Crippen LogP contribution in [0.25, 0.3) is 10.1 Å². The normalized spacial score (nSPS) is 13.1. The van der Waals surface area contributed by atoms with Crippen LogP contribution in [0.3, 0.4) is 0 Å². The lowest BCUT2D eigenvalue weighted by Gasteiger charge is -2.16. The van der Waals surface area contributed by atoms with Crippen LogP contribution in [-0.2, 0) is 6.42 Å². The maximum absolute atomic E-state index is 12.4. The summed E-state index contributed by atoms with van der Waals surface area (Å²) in [5, 5.41) is 6.74. The highest BCUT2D eigenvalue weighted by molar-refractivity contribution is 7.17. The maximum atomic E-state index is 12.4. The van der Waals surface area contributed by atoms with Gasteiger partial charge in [0, 0.05) is 10.7 Å². The van der Waals surface area contributed by atoms with Crippen LogP contribution in [0, 0.1) is 0 Å². The Balaban J connectivity index is 2.09. The van der Waals surface area contributed by atoms with Crippen molar-refractivity contribution in [3.05, 3.63) is 35.2 Å². The number of likely N-dealkylation sites (N-methyl/N-ethyl adjacent to an activating group) is 1. The highest BCUT2D eigenvalue weighted by atomic mass is 32.1. The number of halogens is 1. The number of hydrogen-bond donors (Lipinski definition) is 1. The lowest BCUT2D eigenvalue weighted by molar-refractivity contribution is 0.397. The Bertz CT molecular complexity index is 460. The van der Waals surface area contributed by atoms with Gasteiger partial charge in [-0.1, -0.05) is 19.1 Å². The van der Waals surface area contributed by atoms with Gasteiger partial charge in [0.2, 0.25) is 0 Å². The van der Waals surface area contributed by atoms with E-state index in [-0.39, 0.29) is 12.7 Å². The molecule has 17 heavy (non-hydrogen) atoms. The van der Waals surface area contributed by atoms with E-state index in [0.717, 1.165) is 13.0 Å². The Kier molecular flexibility index (Phi) is 4.51. The summed E-state index contributed by atoms with van der Waals surface area (Å²) < 4.78 is 13.8. The fourth-order valence-corrected chi connectivity index (χ4v) is 2.96. The second-order valence-corrected chi connectivity index (χ2v) is 5.18. The average molecular weight is 251 g/mol. The number of nitrogens with one attached hydrogen (secondary N) is 1. The fourth-order valence-electron chi connectivity index (χ4n) is 2.11. The predicted octanol–water partition coefficient (Wildman–Crippen LogP) is 3.78. The highest BCUT2D eigenvalue weighted by Crippen LogP contribution is 2.22. The molecule has 1 atom stereocenters. The van der Waals surface area contributed by atoms with Gasteiger partial charge in [-0.2, -0.15) is 0 Å². The first-order valence-electron chi connectivity index (χ1n) is 6.09. The van der Waals surface area contributed by atoms with Crippen molar-refractivity contribution in [1.82, 2.24) is 5.32 Å². The highest BCUT2D eigenvalue weighted by Gasteiger charge is 2.08. The van der Waals surface area contributed by atoms with Gasteiger partial charge in [0.05, 0.1) is 6.67 Å². The Hall–Kier alpha value is -0.930. The summed E-state index contributed by atoms with van der Waals surface area (Å²) in [5.74, 6) is 0. The molecule has 0 amide bonds. The van der Waals surface area contributed by atoms with Gasteiger partial charge < -0.3 is 5.32 Å². The minimum atomic E-state index is -0.251. The topological polar surface area (TPSA) is 12.0 Å². The Morgan fingerprint density at radius 2 is 2.24 bits per heavy atom. The minimum Gasteiger partial charge on any atom is -0.314 e. The van der Waals surface area contributed by atoms with Crippen LogP contribution in [-0.4, -0.2) is 19.3 Å². The summed E-state index contributed by atoms with van der Waals surface area (Å²) in [7, 11) is 0. The molecule has 92 valence electrons. The molecule has 1 N–H and O–H groups in total. The molecule has 2 rings (SSSR count). The molecule has 2 aromatic rings. The molecule has 1 aromatic heterocycles. The van der Waals surface area contributed by atoms with Gasteiger partial charge in [0.25, 0.3) is 0 Å². The van der Waals surface area contributed by atoms with Crippen LogP contribution in [0.5, 0.6) is 0 Å². The first-order valence-corrected chi connectivity index (χ1v) is 6.97. The predicted molar refractivity (Wildman–Crippen MR) is 73.6 cm³/mol. The molecule has 0 saturated carbocycles. The number of thiophene rings is 1. The zero-order valence-electron chi connectivity index (χ0n) is 10.1. The van der Waals surface area contributed by atoms with Crippen molar-refractivity contribution in [3.8, 4) is 0 Å². The summed E-state index contributed by atoms with van der Waals surface area (Å²) >= 11 is 1.76. The number of fused-ring (bicyclic) bond motifs is 1. The third-order valence-electron chi connectivity index (χ3n) is 2.95. The third kappa shape index (κ3) is 3.27. The summed E-state index contributed by atoms with van der Waals surface area (Å²) in [4.78, 5) is 0. The van der Waals surface area contributed by atoms with E-state index >= 15 is 0 Å². The molecule has 0 aliphatic rings. The molecular formula is C14H18FNS. The molecule has 1 unspecified atom stereocenters. The fraction of sp³-hybridized carbons (Fsp3) is 0.429. The number of alkyl halides is 1. The summed E-state index contributed by atoms with van der Waals surface area (Å²) in [6.07, 6.45) is 1.50. The summed E-state index contributed by atoms with van der Waals surface area (Å²) in [5.41, 5.74) is 1.29. The Labute approximate surface area is 106 Å². The summed E-state index contributed by atoms with van der Waals surface area (Å²) in [6, 6.07) is 8.91. The molecule has 0 aliphatic carbocycles. The molecule has 0 bridgehead atoms. The van der Waals surface area contributed by atoms with Crippen LogP contribution in [0.2, 0.25) is 0 Å². The Morgan fingerprint density at radius 3 is 3.00 bits per heavy atom. The van der Waals surface area contributed by atoms with Gasteiger partial charge in [-0.3, -0.25) is 4.39 Å². The molecule has 0 spiro atoms. The van der Waals surface area contributed by atoms with E-state index in [2.05, 4.69) is 41.9 Å². The van der Waals surface area contributed by atoms with Crippen LogP contribution < -0.4 is 5.32 Å². The molecule has 1 nitrogen and oxygen atoms in total. The Morgan fingerprint density at radius 1 is 1.35 bits per heavy atom. The zero-order chi connectivity index (χ0) is 12.1. The molecule has 3 heteroatoms. The molecule has 0 saturated heterocycles. The van der Waals surface area contributed by atoms with E-state index in [9.17, 15) is 4.39 Å². The molecule has 1 aromatic carbocycles. The van der Waals surface area contributed by atoms with E-state index in [0.29, 0.717) is 6.42 Å². The van der Waals surface area contributed by atoms with Gasteiger partial charge in [0.15, 0.2) is 0 Å². The number of rotatable bonds is 6. The number of hydrogen-bond acceptors (Lipinski definition) is 2. The van der Waals surface area contributed by atoms with E-state index in [4.69, 9.17) is 0 Å². The van der Waals surface area contributed by atoms with E-state index in [1.54, 1.807) is 11.3 Å². The number of benzene rings is 1. The van der Waals surface area contributed by atoms with Crippen molar-refractivity contribution < 1.29 is 4.39 Å². The standard InChI is InChI=1S/C14H18FNS/c1-2-16-13(5-7-15)9-11-3-4-12-6-8-17-14(12)10-11/h3-4,6,8,10,13,16H,2,5,7,9H2,1H3. The first-order chi connectivity index (χ1) is 8.33. The zero-order valence-corrected chi connectivity index (χ0v) is 10.9. The summed E-state index contributed by atoms with van der Waals surface area (Å²) in [6.45, 7) is 2.71. The second kappa shape index (κ2) is 6.12. The second-order valence-electron chi connectivity index (χ2n) is 4.23. The van der Waals surface area contributed by atoms with Crippen molar-refractivity contribution in [3.63, 3.8) is 0 Å². The van der Waals surface area contributed by atoms with Gasteiger partial charge in [0.1, 0.15) is 0 Å². The lowest BCUT2D eigenvalue weighted by Crippen LogP contribution is -2.31. The molecule has 0 radical (unpaired) electrons. The molecule has 0 fully saturated rings. The minimum absolute atomic E-state index is 0.251. The van der Waals surface area contributed by atoms with Gasteiger partial charge in [-0.25, -0.2) is 0 Å². The van der Waals surface area contributed by atoms with Crippen molar-refractivity contribution in [2.45, 2.75) is 25.8 Å². The van der Waals surface area contributed by atoms with Gasteiger partial charge >= 0.3 is 0 Å².